The zero-order valence-electron chi connectivity index (χ0n) is 13.6. The summed E-state index contributed by atoms with van der Waals surface area (Å²) in [5.74, 6) is -1.20. The predicted octanol–water partition coefficient (Wildman–Crippen LogP) is -1.76. The molecule has 2 rings (SSSR count). The molecule has 1 amide bonds. The number of rotatable bonds is 4. The molecule has 1 aromatic carbocycles. The van der Waals surface area contributed by atoms with Crippen molar-refractivity contribution in [1.82, 2.24) is 4.90 Å². The Morgan fingerprint density at radius 3 is 2.30 bits per heavy atom. The number of methoxy groups -OCH3 is 2. The van der Waals surface area contributed by atoms with Crippen LogP contribution < -0.4 is 19.5 Å². The van der Waals surface area contributed by atoms with Crippen LogP contribution in [0.5, 0.6) is 11.5 Å². The van der Waals surface area contributed by atoms with Crippen molar-refractivity contribution in [2.45, 2.75) is 13.0 Å². The van der Waals surface area contributed by atoms with E-state index >= 15 is 0 Å². The molecular weight excluding hydrogens is 300 g/mol. The first-order valence-corrected chi connectivity index (χ1v) is 7.54. The lowest BCUT2D eigenvalue weighted by Gasteiger charge is -2.35. The van der Waals surface area contributed by atoms with E-state index in [0.29, 0.717) is 37.7 Å². The van der Waals surface area contributed by atoms with Crippen LogP contribution in [0.1, 0.15) is 18.5 Å². The molecule has 0 saturated carbocycles. The highest BCUT2D eigenvalue weighted by atomic mass is 16.5. The number of carbonyl (C=O) groups is 2. The Labute approximate surface area is 135 Å². The maximum Gasteiger partial charge on any atom is 0.269 e. The van der Waals surface area contributed by atoms with Gasteiger partial charge < -0.3 is 29.2 Å². The molecule has 1 aromatic rings. The second kappa shape index (κ2) is 7.32. The molecule has 126 valence electrons. The number of ether oxygens (including phenoxy) is 2. The highest BCUT2D eigenvalue weighted by Gasteiger charge is 2.28. The number of nitrogens with one attached hydrogen (secondary N) is 1. The average Bonchev–Trinajstić information content (AvgIpc) is 2.59. The van der Waals surface area contributed by atoms with Crippen molar-refractivity contribution in [2.75, 3.05) is 40.4 Å². The van der Waals surface area contributed by atoms with E-state index in [4.69, 9.17) is 9.47 Å². The van der Waals surface area contributed by atoms with Crippen LogP contribution in [0, 0.1) is 0 Å². The minimum atomic E-state index is -1.64. The van der Waals surface area contributed by atoms with Crippen molar-refractivity contribution >= 4 is 11.9 Å². The molecule has 0 unspecified atom stereocenters. The maximum atomic E-state index is 11.4. The van der Waals surface area contributed by atoms with Gasteiger partial charge in [-0.3, -0.25) is 4.79 Å². The Morgan fingerprint density at radius 1 is 1.17 bits per heavy atom. The quantitative estimate of drug-likeness (QED) is 0.664. The fourth-order valence-corrected chi connectivity index (χ4v) is 2.92. The van der Waals surface area contributed by atoms with Gasteiger partial charge in [-0.15, -0.1) is 0 Å². The van der Waals surface area contributed by atoms with Crippen LogP contribution in [0.15, 0.2) is 18.2 Å². The van der Waals surface area contributed by atoms with E-state index in [1.165, 1.54) is 9.80 Å². The van der Waals surface area contributed by atoms with Crippen LogP contribution in [0.3, 0.4) is 0 Å². The predicted molar refractivity (Wildman–Crippen MR) is 80.2 cm³/mol. The van der Waals surface area contributed by atoms with Gasteiger partial charge in [-0.1, -0.05) is 0 Å². The van der Waals surface area contributed by atoms with Gasteiger partial charge >= 0.3 is 0 Å². The number of quaternary nitrogens is 1. The molecule has 1 aliphatic rings. The molecule has 7 nitrogen and oxygen atoms in total. The zero-order valence-corrected chi connectivity index (χ0v) is 13.6. The molecule has 1 heterocycles. The largest absolute Gasteiger partial charge is 0.540 e. The van der Waals surface area contributed by atoms with Crippen molar-refractivity contribution in [3.8, 4) is 11.5 Å². The highest BCUT2D eigenvalue weighted by molar-refractivity contribution is 6.30. The number of benzene rings is 1. The molecule has 1 N–H and O–H groups in total. The molecule has 1 fully saturated rings. The summed E-state index contributed by atoms with van der Waals surface area (Å²) in [4.78, 5) is 24.7. The van der Waals surface area contributed by atoms with E-state index in [9.17, 15) is 14.7 Å². The molecular formula is C16H22N2O5. The lowest BCUT2D eigenvalue weighted by Crippen LogP contribution is -3.14. The molecule has 23 heavy (non-hydrogen) atoms. The highest BCUT2D eigenvalue weighted by Crippen LogP contribution is 2.29. The third kappa shape index (κ3) is 3.73. The molecule has 7 heteroatoms. The average molecular weight is 322 g/mol. The SMILES string of the molecule is COc1ccc([C@H](C)[NH+]2CCN(C(=O)C(=O)[O-])CC2)cc1OC. The summed E-state index contributed by atoms with van der Waals surface area (Å²) in [7, 11) is 3.20. The third-order valence-electron chi connectivity index (χ3n) is 4.39. The van der Waals surface area contributed by atoms with Crippen LogP contribution in [-0.2, 0) is 9.59 Å². The number of carbonyl (C=O) groups excluding carboxylic acids is 2. The first-order chi connectivity index (χ1) is 11.0. The number of piperazine rings is 1. The van der Waals surface area contributed by atoms with Gasteiger partial charge in [0.05, 0.1) is 40.4 Å². The van der Waals surface area contributed by atoms with Crippen molar-refractivity contribution < 1.29 is 29.1 Å². The van der Waals surface area contributed by atoms with E-state index in [1.807, 2.05) is 18.2 Å². The smallest absolute Gasteiger partial charge is 0.269 e. The van der Waals surface area contributed by atoms with E-state index in [0.717, 1.165) is 5.56 Å². The molecule has 0 aromatic heterocycles. The van der Waals surface area contributed by atoms with Crippen molar-refractivity contribution in [3.63, 3.8) is 0 Å². The Balaban J connectivity index is 2.03. The van der Waals surface area contributed by atoms with E-state index in [-0.39, 0.29) is 6.04 Å². The number of aliphatic carboxylic acids is 1. The molecule has 1 saturated heterocycles. The molecule has 0 spiro atoms. The summed E-state index contributed by atoms with van der Waals surface area (Å²) < 4.78 is 10.6. The summed E-state index contributed by atoms with van der Waals surface area (Å²) in [5.41, 5.74) is 1.11. The monoisotopic (exact) mass is 322 g/mol. The summed E-state index contributed by atoms with van der Waals surface area (Å²) in [6.07, 6.45) is 0. The Morgan fingerprint density at radius 2 is 1.78 bits per heavy atom. The number of carboxylic acid groups (broad SMARTS) is 1. The first kappa shape index (κ1) is 17.1. The first-order valence-electron chi connectivity index (χ1n) is 7.54. The number of amides is 1. The second-order valence-corrected chi connectivity index (χ2v) is 5.57. The van der Waals surface area contributed by atoms with Crippen molar-refractivity contribution in [1.29, 1.82) is 0 Å². The van der Waals surface area contributed by atoms with Gasteiger partial charge in [-0.05, 0) is 25.1 Å². The minimum Gasteiger partial charge on any atom is -0.540 e. The van der Waals surface area contributed by atoms with Gasteiger partial charge in [0, 0.05) is 5.56 Å². The molecule has 1 atom stereocenters. The lowest BCUT2D eigenvalue weighted by molar-refractivity contribution is -0.933. The number of hydrogen-bond acceptors (Lipinski definition) is 5. The van der Waals surface area contributed by atoms with Crippen molar-refractivity contribution in [3.05, 3.63) is 23.8 Å². The molecule has 1 aliphatic heterocycles. The number of nitrogens with zero attached hydrogens (tertiary/aromatic N) is 1. The van der Waals surface area contributed by atoms with E-state index in [2.05, 4.69) is 6.92 Å². The standard InChI is InChI=1S/C16H22N2O5/c1-11(12-4-5-13(22-2)14(10-12)23-3)17-6-8-18(9-7-17)15(19)16(20)21/h4-5,10-11H,6-9H2,1-3H3,(H,20,21)/t11-/m0/s1. The number of carboxylic acids is 1. The summed E-state index contributed by atoms with van der Waals surface area (Å²) in [6, 6.07) is 6.03. The van der Waals surface area contributed by atoms with Crippen LogP contribution in [0.4, 0.5) is 0 Å². The Hall–Kier alpha value is -2.28. The zero-order chi connectivity index (χ0) is 17.0. The molecule has 0 bridgehead atoms. The van der Waals surface area contributed by atoms with Gasteiger partial charge in [0.25, 0.3) is 5.91 Å². The van der Waals surface area contributed by atoms with Gasteiger partial charge in [0.15, 0.2) is 11.5 Å². The van der Waals surface area contributed by atoms with Crippen molar-refractivity contribution in [2.24, 2.45) is 0 Å². The summed E-state index contributed by atoms with van der Waals surface area (Å²) in [5, 5.41) is 10.6. The van der Waals surface area contributed by atoms with Crippen LogP contribution in [-0.4, -0.2) is 57.2 Å². The number of hydrogen-bond donors (Lipinski definition) is 1. The lowest BCUT2D eigenvalue weighted by atomic mass is 10.1. The topological polar surface area (TPSA) is 83.3 Å². The fourth-order valence-electron chi connectivity index (χ4n) is 2.92. The molecule has 0 aliphatic carbocycles. The van der Waals surface area contributed by atoms with Crippen LogP contribution >= 0.6 is 0 Å². The Bertz CT molecular complexity index is 582. The summed E-state index contributed by atoms with van der Waals surface area (Å²) in [6.45, 7) is 4.31. The van der Waals surface area contributed by atoms with Gasteiger partial charge in [0.2, 0.25) is 0 Å². The normalized spacial score (nSPS) is 16.7. The van der Waals surface area contributed by atoms with Gasteiger partial charge in [-0.25, -0.2) is 0 Å². The summed E-state index contributed by atoms with van der Waals surface area (Å²) >= 11 is 0. The van der Waals surface area contributed by atoms with E-state index < -0.39 is 11.9 Å². The van der Waals surface area contributed by atoms with E-state index in [1.54, 1.807) is 14.2 Å². The second-order valence-electron chi connectivity index (χ2n) is 5.57. The van der Waals surface area contributed by atoms with Gasteiger partial charge in [-0.2, -0.15) is 0 Å². The minimum absolute atomic E-state index is 0.204. The Kier molecular flexibility index (Phi) is 5.44. The maximum absolute atomic E-state index is 11.4. The van der Waals surface area contributed by atoms with Crippen LogP contribution in [0.2, 0.25) is 0 Å². The molecule has 0 radical (unpaired) electrons. The third-order valence-corrected chi connectivity index (χ3v) is 4.39. The fraction of sp³-hybridized carbons (Fsp3) is 0.500. The van der Waals surface area contributed by atoms with Gasteiger partial charge in [0.1, 0.15) is 12.0 Å². The van der Waals surface area contributed by atoms with Crippen LogP contribution in [0.25, 0.3) is 0 Å².